The molecule has 0 aliphatic rings. The first kappa shape index (κ1) is 15.6. The average molecular weight is 138 g/mol. The van der Waals surface area contributed by atoms with Gasteiger partial charge in [-0.1, -0.05) is 0 Å². The molecule has 0 aliphatic carbocycles. The topological polar surface area (TPSA) is 167 Å². The van der Waals surface area contributed by atoms with Crippen molar-refractivity contribution in [2.75, 3.05) is 0 Å². The van der Waals surface area contributed by atoms with Crippen molar-refractivity contribution in [3.05, 3.63) is 0 Å². The number of carbonyl (C=O) groups excluding carboxylic acids is 1. The SMILES string of the molecule is N.NC(=O)O.NC(N)=O. The highest BCUT2D eigenvalue weighted by Gasteiger charge is 1.65. The van der Waals surface area contributed by atoms with E-state index in [4.69, 9.17) is 14.7 Å². The summed E-state index contributed by atoms with van der Waals surface area (Å²) in [5.74, 6) is 0. The molecule has 0 saturated carbocycles. The molecule has 0 spiro atoms. The first-order chi connectivity index (χ1) is 3.46. The molecule has 0 unspecified atom stereocenters. The molecule has 0 bridgehead atoms. The summed E-state index contributed by atoms with van der Waals surface area (Å²) in [5.41, 5.74) is 12.5. The van der Waals surface area contributed by atoms with Gasteiger partial charge in [0, 0.05) is 0 Å². The molecular weight excluding hydrogens is 128 g/mol. The van der Waals surface area contributed by atoms with Crippen LogP contribution in [0.4, 0.5) is 9.59 Å². The van der Waals surface area contributed by atoms with Crippen LogP contribution in [0.3, 0.4) is 0 Å². The third-order valence-electron chi connectivity index (χ3n) is 0. The van der Waals surface area contributed by atoms with Crippen molar-refractivity contribution >= 4 is 12.1 Å². The summed E-state index contributed by atoms with van der Waals surface area (Å²) in [6.45, 7) is 0. The number of carbonyl (C=O) groups is 2. The first-order valence-electron chi connectivity index (χ1n) is 1.50. The maximum atomic E-state index is 9.00. The fraction of sp³-hybridized carbons (Fsp3) is 0. The van der Waals surface area contributed by atoms with Crippen molar-refractivity contribution in [2.45, 2.75) is 0 Å². The Morgan fingerprint density at radius 2 is 1.11 bits per heavy atom. The molecule has 9 heavy (non-hydrogen) atoms. The Hall–Kier alpha value is -1.50. The van der Waals surface area contributed by atoms with Crippen LogP contribution in [0.5, 0.6) is 0 Å². The predicted octanol–water partition coefficient (Wildman–Crippen LogP) is -1.19. The van der Waals surface area contributed by atoms with Gasteiger partial charge in [-0.15, -0.1) is 0 Å². The lowest BCUT2D eigenvalue weighted by atomic mass is 11.2. The average Bonchev–Trinajstić information content (AvgIpc) is 1.25. The van der Waals surface area contributed by atoms with E-state index in [9.17, 15) is 0 Å². The van der Waals surface area contributed by atoms with Crippen LogP contribution in [0.2, 0.25) is 0 Å². The zero-order chi connectivity index (χ0) is 7.15. The summed E-state index contributed by atoms with van der Waals surface area (Å²) < 4.78 is 0. The van der Waals surface area contributed by atoms with Gasteiger partial charge in [0.15, 0.2) is 0 Å². The van der Waals surface area contributed by atoms with Gasteiger partial charge in [0.2, 0.25) is 0 Å². The van der Waals surface area contributed by atoms with Gasteiger partial charge >= 0.3 is 12.1 Å². The quantitative estimate of drug-likeness (QED) is 0.284. The minimum absolute atomic E-state index is 0. The maximum absolute atomic E-state index is 9.00. The van der Waals surface area contributed by atoms with E-state index >= 15 is 0 Å². The molecule has 0 fully saturated rings. The highest BCUT2D eigenvalue weighted by molar-refractivity contribution is 5.69. The number of urea groups is 1. The second-order valence-corrected chi connectivity index (χ2v) is 0.741. The Morgan fingerprint density at radius 3 is 1.11 bits per heavy atom. The normalized spacial score (nSPS) is 5.33. The van der Waals surface area contributed by atoms with E-state index in [0.717, 1.165) is 0 Å². The Balaban J connectivity index is -0.0000000720. The molecule has 0 aromatic carbocycles. The maximum Gasteiger partial charge on any atom is 0.402 e. The van der Waals surface area contributed by atoms with Crippen molar-refractivity contribution in [1.29, 1.82) is 0 Å². The zero-order valence-electron chi connectivity index (χ0n) is 4.70. The molecular formula is C2H10N4O3. The molecule has 0 rings (SSSR count). The van der Waals surface area contributed by atoms with E-state index in [1.165, 1.54) is 0 Å². The van der Waals surface area contributed by atoms with Gasteiger partial charge < -0.3 is 28.5 Å². The fourth-order valence-corrected chi connectivity index (χ4v) is 0. The monoisotopic (exact) mass is 138 g/mol. The molecule has 0 saturated heterocycles. The minimum atomic E-state index is -1.33. The third-order valence-corrected chi connectivity index (χ3v) is 0. The molecule has 3 amide bonds. The van der Waals surface area contributed by atoms with Crippen LogP contribution in [0.25, 0.3) is 0 Å². The van der Waals surface area contributed by atoms with Crippen LogP contribution in [0.15, 0.2) is 0 Å². The zero-order valence-corrected chi connectivity index (χ0v) is 4.70. The van der Waals surface area contributed by atoms with Gasteiger partial charge in [-0.3, -0.25) is 0 Å². The van der Waals surface area contributed by atoms with Gasteiger partial charge in [-0.05, 0) is 0 Å². The molecule has 0 aromatic heterocycles. The van der Waals surface area contributed by atoms with Crippen molar-refractivity contribution < 1.29 is 14.7 Å². The summed E-state index contributed by atoms with van der Waals surface area (Å²) in [6, 6.07) is -0.833. The highest BCUT2D eigenvalue weighted by atomic mass is 16.4. The first-order valence-corrected chi connectivity index (χ1v) is 1.50. The molecule has 0 aromatic rings. The van der Waals surface area contributed by atoms with Crippen LogP contribution in [-0.2, 0) is 0 Å². The van der Waals surface area contributed by atoms with Crippen molar-refractivity contribution in [2.24, 2.45) is 17.2 Å². The predicted molar refractivity (Wildman–Crippen MR) is 31.0 cm³/mol. The molecule has 0 atom stereocenters. The number of hydrogen-bond donors (Lipinski definition) is 5. The summed E-state index contributed by atoms with van der Waals surface area (Å²) in [4.78, 5) is 17.8. The molecule has 0 heterocycles. The van der Waals surface area contributed by atoms with E-state index < -0.39 is 12.1 Å². The molecule has 0 aliphatic heterocycles. The highest BCUT2D eigenvalue weighted by Crippen LogP contribution is 1.34. The second kappa shape index (κ2) is 9.71. The number of nitrogens with two attached hydrogens (primary N) is 3. The fourth-order valence-electron chi connectivity index (χ4n) is 0. The second-order valence-electron chi connectivity index (χ2n) is 0.741. The largest absolute Gasteiger partial charge is 0.465 e. The smallest absolute Gasteiger partial charge is 0.402 e. The molecule has 0 radical (unpaired) electrons. The third kappa shape index (κ3) is 58.5. The van der Waals surface area contributed by atoms with Gasteiger partial charge in [0.1, 0.15) is 0 Å². The van der Waals surface area contributed by atoms with Crippen LogP contribution in [-0.4, -0.2) is 17.2 Å². The van der Waals surface area contributed by atoms with E-state index in [1.807, 2.05) is 0 Å². The van der Waals surface area contributed by atoms with E-state index in [-0.39, 0.29) is 6.15 Å². The number of amides is 3. The van der Waals surface area contributed by atoms with Gasteiger partial charge in [-0.25, -0.2) is 9.59 Å². The lowest BCUT2D eigenvalue weighted by Gasteiger charge is -1.62. The van der Waals surface area contributed by atoms with E-state index in [0.29, 0.717) is 0 Å². The van der Waals surface area contributed by atoms with E-state index in [1.54, 1.807) is 0 Å². The van der Waals surface area contributed by atoms with Gasteiger partial charge in [0.05, 0.1) is 0 Å². The molecule has 7 heteroatoms. The minimum Gasteiger partial charge on any atom is -0.465 e. The van der Waals surface area contributed by atoms with Crippen molar-refractivity contribution in [3.8, 4) is 0 Å². The number of hydrogen-bond acceptors (Lipinski definition) is 3. The van der Waals surface area contributed by atoms with Crippen LogP contribution >= 0.6 is 0 Å². The lowest BCUT2D eigenvalue weighted by molar-refractivity contribution is 0.205. The Morgan fingerprint density at radius 1 is 1.11 bits per heavy atom. The summed E-state index contributed by atoms with van der Waals surface area (Å²) in [7, 11) is 0. The summed E-state index contributed by atoms with van der Waals surface area (Å²) >= 11 is 0. The standard InChI is InChI=1S/CH4N2O.CH3NO2.H3N/c2*2-1(3)4;/h(H4,2,3,4);2H2,(H,3,4);1H3. The number of rotatable bonds is 0. The van der Waals surface area contributed by atoms with Crippen LogP contribution in [0.1, 0.15) is 0 Å². The molecule has 10 N–H and O–H groups in total. The van der Waals surface area contributed by atoms with Gasteiger partial charge in [-0.2, -0.15) is 0 Å². The number of primary amides is 3. The summed E-state index contributed by atoms with van der Waals surface area (Å²) in [5, 5.41) is 7.19. The van der Waals surface area contributed by atoms with E-state index in [2.05, 4.69) is 17.2 Å². The Labute approximate surface area is 51.4 Å². The lowest BCUT2D eigenvalue weighted by Crippen LogP contribution is -2.18. The molecule has 7 nitrogen and oxygen atoms in total. The molecule has 56 valence electrons. The van der Waals surface area contributed by atoms with Gasteiger partial charge in [0.25, 0.3) is 0 Å². The number of carboxylic acid groups (broad SMARTS) is 1. The Kier molecular flexibility index (Phi) is 16.9. The van der Waals surface area contributed by atoms with Crippen LogP contribution in [0, 0.1) is 0 Å². The van der Waals surface area contributed by atoms with Crippen LogP contribution < -0.4 is 23.4 Å². The Bertz CT molecular complexity index is 71.8. The van der Waals surface area contributed by atoms with Crippen molar-refractivity contribution in [3.63, 3.8) is 0 Å². The van der Waals surface area contributed by atoms with Crippen molar-refractivity contribution in [1.82, 2.24) is 6.15 Å². The summed E-state index contributed by atoms with van der Waals surface area (Å²) in [6.07, 6.45) is -1.33.